The Morgan fingerprint density at radius 3 is 2.52 bits per heavy atom. The highest BCUT2D eigenvalue weighted by Gasteiger charge is 2.04. The van der Waals surface area contributed by atoms with Gasteiger partial charge in [-0.2, -0.15) is 0 Å². The minimum atomic E-state index is -0.0161. The molecular formula is C16H25N3O2. The maximum atomic E-state index is 5.81. The van der Waals surface area contributed by atoms with Gasteiger partial charge in [0.2, 0.25) is 0 Å². The normalized spacial score (nSPS) is 12.4. The van der Waals surface area contributed by atoms with Crippen LogP contribution < -0.4 is 20.1 Å². The number of aliphatic imine (C=N–C) groups is 1. The molecule has 21 heavy (non-hydrogen) atoms. The fourth-order valence-electron chi connectivity index (χ4n) is 1.65. The molecule has 1 rings (SSSR count). The fourth-order valence-corrected chi connectivity index (χ4v) is 1.65. The first kappa shape index (κ1) is 16.9. The Morgan fingerprint density at radius 2 is 1.95 bits per heavy atom. The van der Waals surface area contributed by atoms with Crippen molar-refractivity contribution in [3.8, 4) is 11.5 Å². The van der Waals surface area contributed by atoms with Crippen molar-refractivity contribution in [3.63, 3.8) is 0 Å². The van der Waals surface area contributed by atoms with Crippen LogP contribution in [0.4, 0.5) is 0 Å². The van der Waals surface area contributed by atoms with Crippen molar-refractivity contribution in [2.45, 2.75) is 20.0 Å². The Balaban J connectivity index is 2.49. The molecule has 5 heteroatoms. The van der Waals surface area contributed by atoms with E-state index in [1.54, 1.807) is 13.2 Å². The highest BCUT2D eigenvalue weighted by Crippen LogP contribution is 2.18. The van der Waals surface area contributed by atoms with Crippen LogP contribution in [0.25, 0.3) is 0 Å². The van der Waals surface area contributed by atoms with Crippen LogP contribution in [0.5, 0.6) is 11.5 Å². The molecule has 1 atom stereocenters. The van der Waals surface area contributed by atoms with Gasteiger partial charge in [-0.1, -0.05) is 6.08 Å². The van der Waals surface area contributed by atoms with Crippen molar-refractivity contribution in [1.29, 1.82) is 0 Å². The van der Waals surface area contributed by atoms with Crippen LogP contribution in [0.1, 0.15) is 13.8 Å². The number of hydrogen-bond acceptors (Lipinski definition) is 3. The van der Waals surface area contributed by atoms with E-state index in [2.05, 4.69) is 22.2 Å². The third-order valence-electron chi connectivity index (χ3n) is 2.66. The maximum absolute atomic E-state index is 5.81. The summed E-state index contributed by atoms with van der Waals surface area (Å²) in [6.45, 7) is 9.76. The summed E-state index contributed by atoms with van der Waals surface area (Å²) in [5, 5.41) is 6.32. The van der Waals surface area contributed by atoms with Crippen LogP contribution in [0.15, 0.2) is 41.9 Å². The van der Waals surface area contributed by atoms with Gasteiger partial charge in [0.1, 0.15) is 17.6 Å². The van der Waals surface area contributed by atoms with Gasteiger partial charge in [-0.3, -0.25) is 0 Å². The minimum absolute atomic E-state index is 0.0161. The molecule has 0 bridgehead atoms. The van der Waals surface area contributed by atoms with Crippen molar-refractivity contribution in [2.24, 2.45) is 4.99 Å². The molecule has 0 spiro atoms. The van der Waals surface area contributed by atoms with Crippen LogP contribution in [-0.2, 0) is 0 Å². The average Bonchev–Trinajstić information content (AvgIpc) is 2.51. The summed E-state index contributed by atoms with van der Waals surface area (Å²) in [6, 6.07) is 7.53. The van der Waals surface area contributed by atoms with Crippen molar-refractivity contribution in [3.05, 3.63) is 36.9 Å². The second kappa shape index (κ2) is 9.69. The lowest BCUT2D eigenvalue weighted by atomic mass is 10.3. The zero-order valence-corrected chi connectivity index (χ0v) is 13.1. The number of benzene rings is 1. The molecule has 0 aliphatic carbocycles. The lowest BCUT2D eigenvalue weighted by Gasteiger charge is -2.15. The number of nitrogens with zero attached hydrogens (tertiary/aromatic N) is 1. The van der Waals surface area contributed by atoms with Gasteiger partial charge in [0.25, 0.3) is 0 Å². The highest BCUT2D eigenvalue weighted by molar-refractivity contribution is 5.79. The van der Waals surface area contributed by atoms with Crippen LogP contribution in [0.3, 0.4) is 0 Å². The largest absolute Gasteiger partial charge is 0.497 e. The molecule has 0 saturated carbocycles. The molecule has 0 aromatic heterocycles. The lowest BCUT2D eigenvalue weighted by Crippen LogP contribution is -2.38. The van der Waals surface area contributed by atoms with Crippen molar-refractivity contribution in [2.75, 3.05) is 26.7 Å². The van der Waals surface area contributed by atoms with Crippen molar-refractivity contribution in [1.82, 2.24) is 10.6 Å². The summed E-state index contributed by atoms with van der Waals surface area (Å²) in [7, 11) is 1.64. The number of guanidine groups is 1. The molecule has 0 fully saturated rings. The molecule has 0 saturated heterocycles. The third-order valence-corrected chi connectivity index (χ3v) is 2.66. The Bertz CT molecular complexity index is 443. The number of methoxy groups -OCH3 is 1. The Labute approximate surface area is 127 Å². The van der Waals surface area contributed by atoms with E-state index < -0.39 is 0 Å². The maximum Gasteiger partial charge on any atom is 0.191 e. The van der Waals surface area contributed by atoms with Crippen LogP contribution in [-0.4, -0.2) is 38.8 Å². The topological polar surface area (TPSA) is 54.9 Å². The molecule has 1 unspecified atom stereocenters. The summed E-state index contributed by atoms with van der Waals surface area (Å²) in [5.74, 6) is 2.39. The molecule has 116 valence electrons. The Hall–Kier alpha value is -2.17. The summed E-state index contributed by atoms with van der Waals surface area (Å²) in [5.41, 5.74) is 0. The predicted molar refractivity (Wildman–Crippen MR) is 87.3 cm³/mol. The van der Waals surface area contributed by atoms with Gasteiger partial charge in [0, 0.05) is 13.1 Å². The van der Waals surface area contributed by atoms with Crippen molar-refractivity contribution >= 4 is 5.96 Å². The molecule has 0 heterocycles. The lowest BCUT2D eigenvalue weighted by molar-refractivity contribution is 0.230. The van der Waals surface area contributed by atoms with Gasteiger partial charge >= 0.3 is 0 Å². The molecular weight excluding hydrogens is 266 g/mol. The van der Waals surface area contributed by atoms with E-state index in [1.807, 2.05) is 38.1 Å². The van der Waals surface area contributed by atoms with Gasteiger partial charge in [-0.05, 0) is 38.1 Å². The molecule has 1 aromatic carbocycles. The monoisotopic (exact) mass is 291 g/mol. The quantitative estimate of drug-likeness (QED) is 0.438. The fraction of sp³-hybridized carbons (Fsp3) is 0.438. The standard InChI is InChI=1S/C16H25N3O2/c1-5-11-18-16(17-6-2)19-12-13(3)21-15-9-7-14(20-4)8-10-15/h5,7-10,13H,1,6,11-12H2,2-4H3,(H2,17,18,19). The van der Waals surface area contributed by atoms with E-state index in [0.29, 0.717) is 13.1 Å². The van der Waals surface area contributed by atoms with Crippen LogP contribution >= 0.6 is 0 Å². The Morgan fingerprint density at radius 1 is 1.29 bits per heavy atom. The second-order valence-corrected chi connectivity index (χ2v) is 4.49. The first-order valence-corrected chi connectivity index (χ1v) is 7.13. The molecule has 0 aliphatic heterocycles. The number of hydrogen-bond donors (Lipinski definition) is 2. The molecule has 1 aromatic rings. The van der Waals surface area contributed by atoms with E-state index in [1.165, 1.54) is 0 Å². The first-order chi connectivity index (χ1) is 10.2. The molecule has 0 aliphatic rings. The van der Waals surface area contributed by atoms with Gasteiger partial charge in [-0.25, -0.2) is 4.99 Å². The van der Waals surface area contributed by atoms with Crippen molar-refractivity contribution < 1.29 is 9.47 Å². The Kier molecular flexibility index (Phi) is 7.79. The zero-order valence-electron chi connectivity index (χ0n) is 13.1. The summed E-state index contributed by atoms with van der Waals surface area (Å²) < 4.78 is 10.9. The summed E-state index contributed by atoms with van der Waals surface area (Å²) in [4.78, 5) is 4.48. The van der Waals surface area contributed by atoms with E-state index in [-0.39, 0.29) is 6.10 Å². The molecule has 2 N–H and O–H groups in total. The predicted octanol–water partition coefficient (Wildman–Crippen LogP) is 2.20. The second-order valence-electron chi connectivity index (χ2n) is 4.49. The minimum Gasteiger partial charge on any atom is -0.497 e. The van der Waals surface area contributed by atoms with Gasteiger partial charge in [0.05, 0.1) is 13.7 Å². The SMILES string of the molecule is C=CCNC(=NCC(C)Oc1ccc(OC)cc1)NCC. The smallest absolute Gasteiger partial charge is 0.191 e. The number of nitrogens with one attached hydrogen (secondary N) is 2. The van der Waals surface area contributed by atoms with Crippen LogP contribution in [0, 0.1) is 0 Å². The number of ether oxygens (including phenoxy) is 2. The third kappa shape index (κ3) is 6.70. The average molecular weight is 291 g/mol. The molecule has 5 nitrogen and oxygen atoms in total. The van der Waals surface area contributed by atoms with Gasteiger partial charge < -0.3 is 20.1 Å². The zero-order chi connectivity index (χ0) is 15.5. The summed E-state index contributed by atoms with van der Waals surface area (Å²) >= 11 is 0. The first-order valence-electron chi connectivity index (χ1n) is 7.13. The molecule has 0 radical (unpaired) electrons. The van der Waals surface area contributed by atoms with E-state index >= 15 is 0 Å². The highest BCUT2D eigenvalue weighted by atomic mass is 16.5. The van der Waals surface area contributed by atoms with Crippen LogP contribution in [0.2, 0.25) is 0 Å². The molecule has 0 amide bonds. The number of rotatable bonds is 8. The summed E-state index contributed by atoms with van der Waals surface area (Å²) in [6.07, 6.45) is 1.78. The van der Waals surface area contributed by atoms with Gasteiger partial charge in [0.15, 0.2) is 5.96 Å². The van der Waals surface area contributed by atoms with E-state index in [9.17, 15) is 0 Å². The van der Waals surface area contributed by atoms with Gasteiger partial charge in [-0.15, -0.1) is 6.58 Å². The van der Waals surface area contributed by atoms with E-state index in [4.69, 9.17) is 9.47 Å². The van der Waals surface area contributed by atoms with E-state index in [0.717, 1.165) is 24.0 Å².